The summed E-state index contributed by atoms with van der Waals surface area (Å²) >= 11 is 9.16. The predicted octanol–water partition coefficient (Wildman–Crippen LogP) is 5.09. The SMILES string of the molecule is C[C@@H](NCc1ccc(F)c(Br)c1)c1cccc(Cl)c1. The van der Waals surface area contributed by atoms with E-state index in [0.717, 1.165) is 16.1 Å². The minimum absolute atomic E-state index is 0.183. The first-order valence-electron chi connectivity index (χ1n) is 5.99. The van der Waals surface area contributed by atoms with Gasteiger partial charge in [0.05, 0.1) is 4.47 Å². The number of rotatable bonds is 4. The van der Waals surface area contributed by atoms with Crippen LogP contribution >= 0.6 is 27.5 Å². The van der Waals surface area contributed by atoms with Crippen molar-refractivity contribution in [1.29, 1.82) is 0 Å². The van der Waals surface area contributed by atoms with Crippen LogP contribution in [0.25, 0.3) is 0 Å². The molecule has 2 aromatic rings. The predicted molar refractivity (Wildman–Crippen MR) is 80.8 cm³/mol. The second-order valence-corrected chi connectivity index (χ2v) is 5.70. The molecule has 1 atom stereocenters. The number of hydrogen-bond donors (Lipinski definition) is 1. The largest absolute Gasteiger partial charge is 0.306 e. The third-order valence-corrected chi connectivity index (χ3v) is 3.79. The van der Waals surface area contributed by atoms with Crippen LogP contribution in [0.1, 0.15) is 24.1 Å². The molecule has 1 nitrogen and oxygen atoms in total. The summed E-state index contributed by atoms with van der Waals surface area (Å²) in [6, 6.07) is 13.0. The fraction of sp³-hybridized carbons (Fsp3) is 0.200. The molecule has 0 spiro atoms. The quantitative estimate of drug-likeness (QED) is 0.816. The third kappa shape index (κ3) is 4.03. The zero-order valence-electron chi connectivity index (χ0n) is 10.5. The Morgan fingerprint density at radius 2 is 2.05 bits per heavy atom. The van der Waals surface area contributed by atoms with Crippen molar-refractivity contribution in [3.05, 3.63) is 68.9 Å². The fourth-order valence-corrected chi connectivity index (χ4v) is 2.44. The summed E-state index contributed by atoms with van der Waals surface area (Å²) in [6.45, 7) is 2.75. The Kier molecular flexibility index (Phi) is 4.97. The van der Waals surface area contributed by atoms with E-state index >= 15 is 0 Å². The molecule has 19 heavy (non-hydrogen) atoms. The molecule has 0 heterocycles. The van der Waals surface area contributed by atoms with Gasteiger partial charge >= 0.3 is 0 Å². The zero-order chi connectivity index (χ0) is 13.8. The van der Waals surface area contributed by atoms with Crippen LogP contribution in [0.15, 0.2) is 46.9 Å². The van der Waals surface area contributed by atoms with Gasteiger partial charge in [-0.25, -0.2) is 4.39 Å². The van der Waals surface area contributed by atoms with Crippen molar-refractivity contribution in [3.8, 4) is 0 Å². The smallest absolute Gasteiger partial charge is 0.137 e. The topological polar surface area (TPSA) is 12.0 Å². The van der Waals surface area contributed by atoms with Crippen LogP contribution in [0.3, 0.4) is 0 Å². The summed E-state index contributed by atoms with van der Waals surface area (Å²) in [7, 11) is 0. The van der Waals surface area contributed by atoms with Gasteiger partial charge in [0.15, 0.2) is 0 Å². The summed E-state index contributed by atoms with van der Waals surface area (Å²) in [5.74, 6) is -0.244. The lowest BCUT2D eigenvalue weighted by molar-refractivity contribution is 0.572. The highest BCUT2D eigenvalue weighted by molar-refractivity contribution is 9.10. The monoisotopic (exact) mass is 341 g/mol. The molecular weight excluding hydrogens is 329 g/mol. The summed E-state index contributed by atoms with van der Waals surface area (Å²) in [6.07, 6.45) is 0. The van der Waals surface area contributed by atoms with Crippen molar-refractivity contribution >= 4 is 27.5 Å². The van der Waals surface area contributed by atoms with Gasteiger partial charge in [-0.1, -0.05) is 29.8 Å². The van der Waals surface area contributed by atoms with Gasteiger partial charge in [0, 0.05) is 17.6 Å². The first-order chi connectivity index (χ1) is 9.06. The van der Waals surface area contributed by atoms with E-state index in [1.54, 1.807) is 12.1 Å². The van der Waals surface area contributed by atoms with Crippen LogP contribution in [-0.2, 0) is 6.54 Å². The van der Waals surface area contributed by atoms with E-state index in [4.69, 9.17) is 11.6 Å². The highest BCUT2D eigenvalue weighted by atomic mass is 79.9. The number of halogens is 3. The second-order valence-electron chi connectivity index (χ2n) is 4.41. The molecule has 0 aliphatic carbocycles. The van der Waals surface area contributed by atoms with Gasteiger partial charge in [0.1, 0.15) is 5.82 Å². The Balaban J connectivity index is 2.00. The number of nitrogens with one attached hydrogen (secondary N) is 1. The van der Waals surface area contributed by atoms with Crippen molar-refractivity contribution < 1.29 is 4.39 Å². The summed E-state index contributed by atoms with van der Waals surface area (Å²) in [5.41, 5.74) is 2.16. The molecule has 0 saturated carbocycles. The van der Waals surface area contributed by atoms with Gasteiger partial charge in [-0.3, -0.25) is 0 Å². The minimum atomic E-state index is -0.244. The van der Waals surface area contributed by atoms with Gasteiger partial charge in [-0.15, -0.1) is 0 Å². The Labute approximate surface area is 125 Å². The van der Waals surface area contributed by atoms with Gasteiger partial charge in [0.25, 0.3) is 0 Å². The Morgan fingerprint density at radius 1 is 1.26 bits per heavy atom. The average molecular weight is 343 g/mol. The van der Waals surface area contributed by atoms with Crippen molar-refractivity contribution in [2.45, 2.75) is 19.5 Å². The molecule has 0 saturated heterocycles. The van der Waals surface area contributed by atoms with Crippen LogP contribution in [-0.4, -0.2) is 0 Å². The van der Waals surface area contributed by atoms with Crippen molar-refractivity contribution in [2.24, 2.45) is 0 Å². The second kappa shape index (κ2) is 6.51. The first kappa shape index (κ1) is 14.5. The molecule has 0 unspecified atom stereocenters. The Bertz CT molecular complexity index is 574. The van der Waals surface area contributed by atoms with E-state index < -0.39 is 0 Å². The molecule has 1 N–H and O–H groups in total. The molecule has 0 radical (unpaired) electrons. The maximum Gasteiger partial charge on any atom is 0.137 e. The third-order valence-electron chi connectivity index (χ3n) is 2.95. The average Bonchev–Trinajstić information content (AvgIpc) is 2.40. The fourth-order valence-electron chi connectivity index (χ4n) is 1.81. The molecule has 100 valence electrons. The van der Waals surface area contributed by atoms with E-state index in [2.05, 4.69) is 28.2 Å². The summed E-state index contributed by atoms with van der Waals surface area (Å²) in [4.78, 5) is 0. The van der Waals surface area contributed by atoms with Gasteiger partial charge < -0.3 is 5.32 Å². The molecule has 4 heteroatoms. The first-order valence-corrected chi connectivity index (χ1v) is 7.16. The normalized spacial score (nSPS) is 12.4. The molecular formula is C15H14BrClFN. The van der Waals surface area contributed by atoms with Crippen LogP contribution in [0, 0.1) is 5.82 Å². The highest BCUT2D eigenvalue weighted by Gasteiger charge is 2.06. The lowest BCUT2D eigenvalue weighted by atomic mass is 10.1. The van der Waals surface area contributed by atoms with Crippen LogP contribution < -0.4 is 5.32 Å². The Hall–Kier alpha value is -0.900. The van der Waals surface area contributed by atoms with Crippen molar-refractivity contribution in [1.82, 2.24) is 5.32 Å². The Morgan fingerprint density at radius 3 is 2.74 bits per heavy atom. The van der Waals surface area contributed by atoms with E-state index in [0.29, 0.717) is 11.0 Å². The van der Waals surface area contributed by atoms with Gasteiger partial charge in [-0.05, 0) is 58.2 Å². The van der Waals surface area contributed by atoms with E-state index in [-0.39, 0.29) is 11.9 Å². The van der Waals surface area contributed by atoms with E-state index in [1.807, 2.05) is 24.3 Å². The van der Waals surface area contributed by atoms with Crippen molar-refractivity contribution in [2.75, 3.05) is 0 Å². The molecule has 0 fully saturated rings. The molecule has 0 aromatic heterocycles. The standard InChI is InChI=1S/C15H14BrClFN/c1-10(12-3-2-4-13(17)8-12)19-9-11-5-6-15(18)14(16)7-11/h2-8,10,19H,9H2,1H3/t10-/m1/s1. The highest BCUT2D eigenvalue weighted by Crippen LogP contribution is 2.19. The maximum absolute atomic E-state index is 13.1. The van der Waals surface area contributed by atoms with Crippen LogP contribution in [0.4, 0.5) is 4.39 Å². The lowest BCUT2D eigenvalue weighted by Gasteiger charge is -2.14. The molecule has 0 aliphatic rings. The van der Waals surface area contributed by atoms with Crippen LogP contribution in [0.2, 0.25) is 5.02 Å². The summed E-state index contributed by atoms with van der Waals surface area (Å²) in [5, 5.41) is 4.12. The lowest BCUT2D eigenvalue weighted by Crippen LogP contribution is -2.18. The maximum atomic E-state index is 13.1. The molecule has 0 bridgehead atoms. The zero-order valence-corrected chi connectivity index (χ0v) is 12.8. The van der Waals surface area contributed by atoms with E-state index in [1.165, 1.54) is 6.07 Å². The van der Waals surface area contributed by atoms with Crippen LogP contribution in [0.5, 0.6) is 0 Å². The minimum Gasteiger partial charge on any atom is -0.306 e. The molecule has 2 aromatic carbocycles. The number of hydrogen-bond acceptors (Lipinski definition) is 1. The molecule has 0 aliphatic heterocycles. The van der Waals surface area contributed by atoms with Crippen molar-refractivity contribution in [3.63, 3.8) is 0 Å². The molecule has 2 rings (SSSR count). The summed E-state index contributed by atoms with van der Waals surface area (Å²) < 4.78 is 13.6. The molecule has 0 amide bonds. The van der Waals surface area contributed by atoms with Gasteiger partial charge in [-0.2, -0.15) is 0 Å². The van der Waals surface area contributed by atoms with Gasteiger partial charge in [0.2, 0.25) is 0 Å². The van der Waals surface area contributed by atoms with E-state index in [9.17, 15) is 4.39 Å². The number of benzene rings is 2.